The minimum Gasteiger partial charge on any atom is -0.380 e. The van der Waals surface area contributed by atoms with Gasteiger partial charge in [-0.3, -0.25) is 14.5 Å². The fraction of sp³-hybridized carbons (Fsp3) is 0.714. The molecule has 0 aromatic carbocycles. The van der Waals surface area contributed by atoms with Gasteiger partial charge in [0.2, 0.25) is 11.8 Å². The highest BCUT2D eigenvalue weighted by atomic mass is 16.5. The van der Waals surface area contributed by atoms with Crippen LogP contribution in [-0.4, -0.2) is 80.6 Å². The molecule has 0 bridgehead atoms. The van der Waals surface area contributed by atoms with Crippen molar-refractivity contribution in [1.82, 2.24) is 15.1 Å². The molecule has 1 heterocycles. The van der Waals surface area contributed by atoms with Gasteiger partial charge < -0.3 is 20.7 Å². The van der Waals surface area contributed by atoms with Crippen LogP contribution in [0.5, 0.6) is 0 Å². The predicted molar refractivity (Wildman–Crippen MR) is 80.7 cm³/mol. The molecule has 1 aliphatic rings. The maximum absolute atomic E-state index is 12.1. The van der Waals surface area contributed by atoms with Gasteiger partial charge in [-0.25, -0.2) is 0 Å². The number of amides is 2. The Morgan fingerprint density at radius 2 is 2.05 bits per heavy atom. The van der Waals surface area contributed by atoms with E-state index in [9.17, 15) is 9.59 Å². The summed E-state index contributed by atoms with van der Waals surface area (Å²) < 4.78 is 5.13. The zero-order valence-corrected chi connectivity index (χ0v) is 12.7. The zero-order chi connectivity index (χ0) is 15.7. The Kier molecular flexibility index (Phi) is 7.96. The first-order valence-corrected chi connectivity index (χ1v) is 7.21. The van der Waals surface area contributed by atoms with Crippen molar-refractivity contribution in [2.75, 3.05) is 52.9 Å². The molecule has 0 saturated carbocycles. The van der Waals surface area contributed by atoms with E-state index in [-0.39, 0.29) is 17.9 Å². The third-order valence-electron chi connectivity index (χ3n) is 3.53. The molecule has 21 heavy (non-hydrogen) atoms. The number of hydrogen-bond acceptors (Lipinski definition) is 5. The van der Waals surface area contributed by atoms with Crippen molar-refractivity contribution in [2.45, 2.75) is 12.5 Å². The van der Waals surface area contributed by atoms with Crippen LogP contribution in [0.15, 0.2) is 12.7 Å². The Hall–Kier alpha value is -1.44. The molecule has 1 unspecified atom stereocenters. The van der Waals surface area contributed by atoms with Crippen LogP contribution in [0.25, 0.3) is 0 Å². The summed E-state index contributed by atoms with van der Waals surface area (Å²) in [5.74, 6) is 0.0420. The van der Waals surface area contributed by atoms with Crippen molar-refractivity contribution >= 4 is 11.8 Å². The zero-order valence-electron chi connectivity index (χ0n) is 12.7. The number of piperazine rings is 1. The molecule has 7 heteroatoms. The van der Waals surface area contributed by atoms with Crippen LogP contribution in [0, 0.1) is 0 Å². The summed E-state index contributed by atoms with van der Waals surface area (Å²) in [6.07, 6.45) is 1.74. The summed E-state index contributed by atoms with van der Waals surface area (Å²) in [5.41, 5.74) is 5.52. The van der Waals surface area contributed by atoms with Crippen molar-refractivity contribution in [3.8, 4) is 0 Å². The second kappa shape index (κ2) is 9.49. The molecule has 120 valence electrons. The van der Waals surface area contributed by atoms with E-state index >= 15 is 0 Å². The van der Waals surface area contributed by atoms with E-state index in [1.165, 1.54) is 0 Å². The highest BCUT2D eigenvalue weighted by Crippen LogP contribution is 2.06. The number of methoxy groups -OCH3 is 1. The molecule has 1 fully saturated rings. The fourth-order valence-electron chi connectivity index (χ4n) is 2.19. The molecule has 0 radical (unpaired) electrons. The second-order valence-electron chi connectivity index (χ2n) is 5.05. The van der Waals surface area contributed by atoms with Gasteiger partial charge in [-0.1, -0.05) is 6.08 Å². The molecule has 0 aromatic heterocycles. The summed E-state index contributed by atoms with van der Waals surface area (Å²) in [6.45, 7) is 7.41. The highest BCUT2D eigenvalue weighted by Gasteiger charge is 2.23. The van der Waals surface area contributed by atoms with Crippen molar-refractivity contribution in [2.24, 2.45) is 5.73 Å². The quantitative estimate of drug-likeness (QED) is 0.549. The molecule has 1 saturated heterocycles. The molecule has 1 aliphatic heterocycles. The number of nitrogens with two attached hydrogens (primary N) is 1. The first-order chi connectivity index (χ1) is 10.1. The molecule has 3 N–H and O–H groups in total. The maximum Gasteiger partial charge on any atom is 0.234 e. The highest BCUT2D eigenvalue weighted by molar-refractivity contribution is 5.78. The van der Waals surface area contributed by atoms with E-state index in [0.717, 1.165) is 0 Å². The van der Waals surface area contributed by atoms with Crippen LogP contribution in [0.1, 0.15) is 6.42 Å². The summed E-state index contributed by atoms with van der Waals surface area (Å²) >= 11 is 0. The SMILES string of the molecule is C=CCNC(=O)CN1CCN(C(=O)CC(CN)OC)CC1. The first-order valence-electron chi connectivity index (χ1n) is 7.21. The van der Waals surface area contributed by atoms with Gasteiger partial charge in [0.05, 0.1) is 19.1 Å². The van der Waals surface area contributed by atoms with Crippen LogP contribution < -0.4 is 11.1 Å². The van der Waals surface area contributed by atoms with Crippen molar-refractivity contribution in [1.29, 1.82) is 0 Å². The molecule has 0 spiro atoms. The molecule has 2 amide bonds. The van der Waals surface area contributed by atoms with Gasteiger partial charge >= 0.3 is 0 Å². The van der Waals surface area contributed by atoms with Gasteiger partial charge in [0.15, 0.2) is 0 Å². The van der Waals surface area contributed by atoms with Crippen LogP contribution in [0.3, 0.4) is 0 Å². The van der Waals surface area contributed by atoms with Crippen molar-refractivity contribution in [3.05, 3.63) is 12.7 Å². The fourth-order valence-corrected chi connectivity index (χ4v) is 2.19. The van der Waals surface area contributed by atoms with Crippen molar-refractivity contribution < 1.29 is 14.3 Å². The van der Waals surface area contributed by atoms with E-state index in [1.54, 1.807) is 18.1 Å². The lowest BCUT2D eigenvalue weighted by atomic mass is 10.2. The van der Waals surface area contributed by atoms with Crippen molar-refractivity contribution in [3.63, 3.8) is 0 Å². The Bertz CT molecular complexity index is 350. The average molecular weight is 298 g/mol. The lowest BCUT2D eigenvalue weighted by Gasteiger charge is -2.34. The Labute approximate surface area is 126 Å². The Morgan fingerprint density at radius 1 is 1.38 bits per heavy atom. The standard InChI is InChI=1S/C14H26N4O3/c1-3-4-16-13(19)11-17-5-7-18(8-6-17)14(20)9-12(10-15)21-2/h3,12H,1,4-11,15H2,2H3,(H,16,19). The summed E-state index contributed by atoms with van der Waals surface area (Å²) in [6, 6.07) is 0. The molecule has 7 nitrogen and oxygen atoms in total. The number of nitrogens with zero attached hydrogens (tertiary/aromatic N) is 2. The van der Waals surface area contributed by atoms with Crippen LogP contribution in [0.2, 0.25) is 0 Å². The van der Waals surface area contributed by atoms with E-state index < -0.39 is 0 Å². The van der Waals surface area contributed by atoms with Crippen LogP contribution in [-0.2, 0) is 14.3 Å². The minimum atomic E-state index is -0.222. The summed E-state index contributed by atoms with van der Waals surface area (Å²) in [5, 5.41) is 2.75. The average Bonchev–Trinajstić information content (AvgIpc) is 2.51. The molecular weight excluding hydrogens is 272 g/mol. The maximum atomic E-state index is 12.1. The lowest BCUT2D eigenvalue weighted by molar-refractivity contribution is -0.135. The van der Waals surface area contributed by atoms with Gasteiger partial charge in [0.1, 0.15) is 0 Å². The normalized spacial score (nSPS) is 17.3. The number of hydrogen-bond donors (Lipinski definition) is 2. The van der Waals surface area contributed by atoms with E-state index in [4.69, 9.17) is 10.5 Å². The molecule has 1 atom stereocenters. The van der Waals surface area contributed by atoms with E-state index in [0.29, 0.717) is 52.2 Å². The van der Waals surface area contributed by atoms with Crippen LogP contribution >= 0.6 is 0 Å². The molecule has 0 aromatic rings. The first kappa shape index (κ1) is 17.6. The lowest BCUT2D eigenvalue weighted by Crippen LogP contribution is -2.51. The molecular formula is C14H26N4O3. The monoisotopic (exact) mass is 298 g/mol. The number of rotatable bonds is 8. The van der Waals surface area contributed by atoms with E-state index in [1.807, 2.05) is 4.90 Å². The summed E-state index contributed by atoms with van der Waals surface area (Å²) in [7, 11) is 1.56. The predicted octanol–water partition coefficient (Wildman–Crippen LogP) is -1.20. The number of carbonyl (C=O) groups excluding carboxylic acids is 2. The third kappa shape index (κ3) is 6.24. The number of ether oxygens (including phenoxy) is 1. The van der Waals surface area contributed by atoms with Gasteiger partial charge in [-0.2, -0.15) is 0 Å². The smallest absolute Gasteiger partial charge is 0.234 e. The van der Waals surface area contributed by atoms with Crippen LogP contribution in [0.4, 0.5) is 0 Å². The molecule has 0 aliphatic carbocycles. The summed E-state index contributed by atoms with van der Waals surface area (Å²) in [4.78, 5) is 27.5. The van der Waals surface area contributed by atoms with E-state index in [2.05, 4.69) is 11.9 Å². The van der Waals surface area contributed by atoms with Gasteiger partial charge in [0.25, 0.3) is 0 Å². The van der Waals surface area contributed by atoms with Gasteiger partial charge in [-0.05, 0) is 0 Å². The Balaban J connectivity index is 2.29. The van der Waals surface area contributed by atoms with Gasteiger partial charge in [0, 0.05) is 46.4 Å². The number of carbonyl (C=O) groups is 2. The number of nitrogens with one attached hydrogen (secondary N) is 1. The largest absolute Gasteiger partial charge is 0.380 e. The second-order valence-corrected chi connectivity index (χ2v) is 5.05. The topological polar surface area (TPSA) is 87.9 Å². The third-order valence-corrected chi connectivity index (χ3v) is 3.53. The molecule has 1 rings (SSSR count). The Morgan fingerprint density at radius 3 is 2.57 bits per heavy atom. The minimum absolute atomic E-state index is 0.0164. The van der Waals surface area contributed by atoms with Gasteiger partial charge in [-0.15, -0.1) is 6.58 Å².